The Morgan fingerprint density at radius 2 is 1.94 bits per heavy atom. The van der Waals surface area contributed by atoms with E-state index in [2.05, 4.69) is 17.2 Å². The van der Waals surface area contributed by atoms with Crippen LogP contribution in [0.1, 0.15) is 28.8 Å². The summed E-state index contributed by atoms with van der Waals surface area (Å²) in [4.78, 5) is 25.3. The van der Waals surface area contributed by atoms with E-state index in [9.17, 15) is 18.0 Å². The van der Waals surface area contributed by atoms with E-state index in [4.69, 9.17) is 23.2 Å². The van der Waals surface area contributed by atoms with Gasteiger partial charge in [-0.15, -0.1) is 6.58 Å². The maximum atomic E-state index is 13.0. The zero-order chi connectivity index (χ0) is 24.0. The number of carbonyl (C=O) groups is 2. The molecule has 10 heteroatoms. The number of piperidine rings is 1. The van der Waals surface area contributed by atoms with E-state index in [1.807, 2.05) is 0 Å². The van der Waals surface area contributed by atoms with Gasteiger partial charge in [-0.25, -0.2) is 12.7 Å². The number of para-hydroxylation sites is 1. The first kappa shape index (κ1) is 25.2. The Kier molecular flexibility index (Phi) is 8.53. The zero-order valence-corrected chi connectivity index (χ0v) is 20.2. The van der Waals surface area contributed by atoms with Crippen LogP contribution >= 0.6 is 23.2 Å². The SMILES string of the molecule is C=CCNC(=O)c1ccccc1NC(=O)C1CCCN(S(=O)(=O)Cc2ccc(Cl)cc2Cl)C1. The van der Waals surface area contributed by atoms with Crippen LogP contribution in [0.25, 0.3) is 0 Å². The van der Waals surface area contributed by atoms with Crippen molar-refractivity contribution in [2.75, 3.05) is 25.0 Å². The molecule has 0 bridgehead atoms. The predicted molar refractivity (Wildman–Crippen MR) is 131 cm³/mol. The maximum Gasteiger partial charge on any atom is 0.253 e. The minimum Gasteiger partial charge on any atom is -0.349 e. The van der Waals surface area contributed by atoms with Crippen molar-refractivity contribution < 1.29 is 18.0 Å². The Morgan fingerprint density at radius 1 is 1.18 bits per heavy atom. The molecule has 1 fully saturated rings. The van der Waals surface area contributed by atoms with Crippen molar-refractivity contribution in [1.29, 1.82) is 0 Å². The molecule has 0 aliphatic carbocycles. The molecule has 176 valence electrons. The highest BCUT2D eigenvalue weighted by Gasteiger charge is 2.33. The minimum atomic E-state index is -3.69. The molecule has 3 rings (SSSR count). The fraction of sp³-hybridized carbons (Fsp3) is 0.304. The average Bonchev–Trinajstić information content (AvgIpc) is 2.79. The lowest BCUT2D eigenvalue weighted by Crippen LogP contribution is -2.44. The van der Waals surface area contributed by atoms with Crippen LogP contribution in [-0.4, -0.2) is 44.2 Å². The highest BCUT2D eigenvalue weighted by Crippen LogP contribution is 2.27. The molecule has 1 atom stereocenters. The highest BCUT2D eigenvalue weighted by molar-refractivity contribution is 7.88. The van der Waals surface area contributed by atoms with Gasteiger partial charge in [0.05, 0.1) is 22.9 Å². The molecule has 33 heavy (non-hydrogen) atoms. The van der Waals surface area contributed by atoms with E-state index in [0.717, 1.165) is 0 Å². The van der Waals surface area contributed by atoms with Crippen molar-refractivity contribution in [3.05, 3.63) is 76.3 Å². The molecule has 0 radical (unpaired) electrons. The summed E-state index contributed by atoms with van der Waals surface area (Å²) in [6.07, 6.45) is 2.66. The van der Waals surface area contributed by atoms with E-state index < -0.39 is 15.9 Å². The van der Waals surface area contributed by atoms with Gasteiger partial charge in [-0.2, -0.15) is 0 Å². The Balaban J connectivity index is 1.70. The third kappa shape index (κ3) is 6.57. The predicted octanol–water partition coefficient (Wildman–Crippen LogP) is 4.09. The average molecular weight is 510 g/mol. The number of benzene rings is 2. The van der Waals surface area contributed by atoms with Crippen LogP contribution in [0.15, 0.2) is 55.1 Å². The minimum absolute atomic E-state index is 0.0597. The third-order valence-electron chi connectivity index (χ3n) is 5.34. The van der Waals surface area contributed by atoms with Crippen molar-refractivity contribution in [2.24, 2.45) is 5.92 Å². The van der Waals surface area contributed by atoms with Gasteiger partial charge in [0, 0.05) is 29.7 Å². The molecule has 1 saturated heterocycles. The Bertz CT molecular complexity index is 1150. The molecule has 2 aromatic rings. The normalized spacial score (nSPS) is 16.7. The van der Waals surface area contributed by atoms with Crippen LogP contribution in [0.2, 0.25) is 10.0 Å². The quantitative estimate of drug-likeness (QED) is 0.523. The van der Waals surface area contributed by atoms with E-state index in [0.29, 0.717) is 47.8 Å². The van der Waals surface area contributed by atoms with Crippen LogP contribution in [0.3, 0.4) is 0 Å². The fourth-order valence-corrected chi connectivity index (χ4v) is 5.82. The number of anilines is 1. The summed E-state index contributed by atoms with van der Waals surface area (Å²) >= 11 is 12.0. The van der Waals surface area contributed by atoms with Crippen LogP contribution in [0.4, 0.5) is 5.69 Å². The molecule has 0 spiro atoms. The summed E-state index contributed by atoms with van der Waals surface area (Å²) in [6.45, 7) is 4.26. The van der Waals surface area contributed by atoms with Crippen molar-refractivity contribution in [3.8, 4) is 0 Å². The number of sulfonamides is 1. The summed E-state index contributed by atoms with van der Waals surface area (Å²) in [5, 5.41) is 6.18. The second-order valence-electron chi connectivity index (χ2n) is 7.72. The molecule has 1 aliphatic rings. The number of halogens is 2. The molecule has 7 nitrogen and oxygen atoms in total. The molecular weight excluding hydrogens is 485 g/mol. The number of nitrogens with one attached hydrogen (secondary N) is 2. The van der Waals surface area contributed by atoms with Crippen LogP contribution in [0, 0.1) is 5.92 Å². The van der Waals surface area contributed by atoms with Gasteiger partial charge < -0.3 is 10.6 Å². The van der Waals surface area contributed by atoms with Crippen molar-refractivity contribution in [2.45, 2.75) is 18.6 Å². The molecule has 0 aromatic heterocycles. The first-order valence-corrected chi connectivity index (χ1v) is 12.8. The molecular formula is C23H25Cl2N3O4S. The second-order valence-corrected chi connectivity index (χ2v) is 10.5. The van der Waals surface area contributed by atoms with Crippen LogP contribution < -0.4 is 10.6 Å². The van der Waals surface area contributed by atoms with Gasteiger partial charge in [0.25, 0.3) is 5.91 Å². The van der Waals surface area contributed by atoms with Gasteiger partial charge >= 0.3 is 0 Å². The van der Waals surface area contributed by atoms with E-state index in [-0.39, 0.29) is 29.1 Å². The number of hydrogen-bond acceptors (Lipinski definition) is 4. The van der Waals surface area contributed by atoms with Crippen molar-refractivity contribution in [1.82, 2.24) is 9.62 Å². The molecule has 1 aliphatic heterocycles. The topological polar surface area (TPSA) is 95.6 Å². The third-order valence-corrected chi connectivity index (χ3v) is 7.72. The molecule has 1 unspecified atom stereocenters. The van der Waals surface area contributed by atoms with Crippen molar-refractivity contribution in [3.63, 3.8) is 0 Å². The largest absolute Gasteiger partial charge is 0.349 e. The lowest BCUT2D eigenvalue weighted by atomic mass is 9.98. The molecule has 2 aromatic carbocycles. The number of nitrogens with zero attached hydrogens (tertiary/aromatic N) is 1. The van der Waals surface area contributed by atoms with E-state index >= 15 is 0 Å². The summed E-state index contributed by atoms with van der Waals surface area (Å²) in [6, 6.07) is 11.4. The van der Waals surface area contributed by atoms with Gasteiger partial charge in [0.1, 0.15) is 0 Å². The monoisotopic (exact) mass is 509 g/mol. The summed E-state index contributed by atoms with van der Waals surface area (Å²) < 4.78 is 27.3. The Morgan fingerprint density at radius 3 is 2.67 bits per heavy atom. The standard InChI is InChI=1S/C23H25Cl2N3O4S/c1-2-11-26-23(30)19-7-3-4-8-21(19)27-22(29)16-6-5-12-28(14-16)33(31,32)15-17-9-10-18(24)13-20(17)25/h2-4,7-10,13,16H,1,5-6,11-12,14-15H2,(H,26,30)(H,27,29). The Hall–Kier alpha value is -2.39. The number of amides is 2. The lowest BCUT2D eigenvalue weighted by Gasteiger charge is -2.31. The van der Waals surface area contributed by atoms with Gasteiger partial charge in [-0.3, -0.25) is 9.59 Å². The Labute approximate surface area is 203 Å². The lowest BCUT2D eigenvalue weighted by molar-refractivity contribution is -0.120. The first-order chi connectivity index (χ1) is 15.7. The highest BCUT2D eigenvalue weighted by atomic mass is 35.5. The fourth-order valence-electron chi connectivity index (χ4n) is 3.62. The zero-order valence-electron chi connectivity index (χ0n) is 17.9. The molecule has 1 heterocycles. The number of carbonyl (C=O) groups excluding carboxylic acids is 2. The van der Waals surface area contributed by atoms with Gasteiger partial charge in [-0.1, -0.05) is 47.5 Å². The molecule has 2 N–H and O–H groups in total. The summed E-state index contributed by atoms with van der Waals surface area (Å²) in [7, 11) is -3.69. The first-order valence-electron chi connectivity index (χ1n) is 10.4. The van der Waals surface area contributed by atoms with Gasteiger partial charge in [-0.05, 0) is 42.7 Å². The maximum absolute atomic E-state index is 13.0. The molecule has 0 saturated carbocycles. The summed E-state index contributed by atoms with van der Waals surface area (Å²) in [5.41, 5.74) is 1.15. The van der Waals surface area contributed by atoms with E-state index in [1.165, 1.54) is 10.4 Å². The molecule has 2 amide bonds. The van der Waals surface area contributed by atoms with Gasteiger partial charge in [0.2, 0.25) is 15.9 Å². The summed E-state index contributed by atoms with van der Waals surface area (Å²) in [5.74, 6) is -1.48. The van der Waals surface area contributed by atoms with Crippen LogP contribution in [-0.2, 0) is 20.6 Å². The van der Waals surface area contributed by atoms with Crippen molar-refractivity contribution >= 4 is 50.7 Å². The number of hydrogen-bond donors (Lipinski definition) is 2. The number of rotatable bonds is 8. The van der Waals surface area contributed by atoms with E-state index in [1.54, 1.807) is 42.5 Å². The second kappa shape index (κ2) is 11.2. The van der Waals surface area contributed by atoms with Crippen LogP contribution in [0.5, 0.6) is 0 Å². The van der Waals surface area contributed by atoms with Gasteiger partial charge in [0.15, 0.2) is 0 Å². The smallest absolute Gasteiger partial charge is 0.253 e.